The molecule has 3 aromatic rings. The van der Waals surface area contributed by atoms with Gasteiger partial charge in [-0.05, 0) is 46.7 Å². The molecule has 6 nitrogen and oxygen atoms in total. The molecule has 0 bridgehead atoms. The summed E-state index contributed by atoms with van der Waals surface area (Å²) in [5.74, 6) is -0.175. The lowest BCUT2D eigenvalue weighted by Crippen LogP contribution is -2.38. The number of hydrogen-bond acceptors (Lipinski definition) is 6. The monoisotopic (exact) mass is 494 g/mol. The first-order chi connectivity index (χ1) is 17.7. The van der Waals surface area contributed by atoms with Gasteiger partial charge >= 0.3 is 0 Å². The highest BCUT2D eigenvalue weighted by atomic mass is 32.2. The Bertz CT molecular complexity index is 1330. The molecule has 1 fully saturated rings. The van der Waals surface area contributed by atoms with Crippen LogP contribution in [0.25, 0.3) is 6.08 Å². The molecule has 1 atom stereocenters. The van der Waals surface area contributed by atoms with Crippen molar-refractivity contribution in [3.05, 3.63) is 107 Å². The second-order valence-electron chi connectivity index (χ2n) is 8.89. The third kappa shape index (κ3) is 4.72. The molecule has 1 unspecified atom stereocenters. The van der Waals surface area contributed by atoms with Crippen molar-refractivity contribution in [2.24, 2.45) is 10.1 Å². The van der Waals surface area contributed by atoms with Crippen molar-refractivity contribution in [1.29, 1.82) is 0 Å². The number of rotatable bonds is 4. The van der Waals surface area contributed by atoms with Gasteiger partial charge in [-0.3, -0.25) is 9.80 Å². The lowest BCUT2D eigenvalue weighted by Gasteiger charge is -2.27. The molecule has 0 radical (unpaired) electrons. The zero-order valence-corrected chi connectivity index (χ0v) is 20.6. The van der Waals surface area contributed by atoms with E-state index in [1.807, 2.05) is 30.3 Å². The Balaban J connectivity index is 1.24. The van der Waals surface area contributed by atoms with Gasteiger partial charge in [0, 0.05) is 19.5 Å². The summed E-state index contributed by atoms with van der Waals surface area (Å²) in [5, 5.41) is 7.92. The smallest absolute Gasteiger partial charge is 0.286 e. The van der Waals surface area contributed by atoms with E-state index in [1.165, 1.54) is 17.3 Å². The van der Waals surface area contributed by atoms with Crippen LogP contribution in [-0.4, -0.2) is 48.0 Å². The molecule has 6 rings (SSSR count). The van der Waals surface area contributed by atoms with E-state index in [9.17, 15) is 4.79 Å². The first-order valence-corrected chi connectivity index (χ1v) is 13.0. The average Bonchev–Trinajstić information content (AvgIpc) is 3.55. The molecule has 0 N–H and O–H groups in total. The summed E-state index contributed by atoms with van der Waals surface area (Å²) in [6.45, 7) is 2.88. The Labute approximate surface area is 215 Å². The molecule has 0 saturated carbocycles. The summed E-state index contributed by atoms with van der Waals surface area (Å²) in [4.78, 5) is 19.6. The number of ether oxygens (including phenoxy) is 1. The fraction of sp³-hybridized carbons (Fsp3) is 0.207. The summed E-state index contributed by atoms with van der Waals surface area (Å²) in [5.41, 5.74) is 5.45. The van der Waals surface area contributed by atoms with Gasteiger partial charge in [-0.25, -0.2) is 0 Å². The zero-order chi connectivity index (χ0) is 24.3. The number of amides is 1. The molecule has 3 heterocycles. The van der Waals surface area contributed by atoms with Gasteiger partial charge in [0.25, 0.3) is 5.91 Å². The number of carbonyl (C=O) groups is 1. The minimum absolute atomic E-state index is 0.127. The van der Waals surface area contributed by atoms with Crippen molar-refractivity contribution >= 4 is 40.3 Å². The lowest BCUT2D eigenvalue weighted by molar-refractivity contribution is -0.113. The number of hydrazone groups is 1. The fourth-order valence-electron chi connectivity index (χ4n) is 4.65. The van der Waals surface area contributed by atoms with Gasteiger partial charge in [0.05, 0.1) is 35.6 Å². The average molecular weight is 495 g/mol. The largest absolute Gasteiger partial charge is 0.378 e. The molecule has 7 heteroatoms. The molecule has 3 aliphatic rings. The van der Waals surface area contributed by atoms with E-state index < -0.39 is 0 Å². The minimum Gasteiger partial charge on any atom is -0.378 e. The van der Waals surface area contributed by atoms with Crippen LogP contribution in [0.5, 0.6) is 0 Å². The number of aliphatic imine (C=N–C) groups is 1. The number of nitrogens with zero attached hydrogens (tertiary/aromatic N) is 4. The van der Waals surface area contributed by atoms with Crippen LogP contribution in [0, 0.1) is 0 Å². The van der Waals surface area contributed by atoms with Crippen molar-refractivity contribution in [2.75, 3.05) is 31.3 Å². The van der Waals surface area contributed by atoms with Gasteiger partial charge in [-0.15, -0.1) is 0 Å². The van der Waals surface area contributed by atoms with Gasteiger partial charge in [0.2, 0.25) is 0 Å². The van der Waals surface area contributed by atoms with Gasteiger partial charge in [-0.1, -0.05) is 72.8 Å². The van der Waals surface area contributed by atoms with E-state index in [0.717, 1.165) is 47.2 Å². The predicted octanol–water partition coefficient (Wildman–Crippen LogP) is 5.34. The van der Waals surface area contributed by atoms with E-state index in [2.05, 4.69) is 75.6 Å². The molecule has 3 aromatic carbocycles. The normalized spacial score (nSPS) is 21.2. The van der Waals surface area contributed by atoms with E-state index in [0.29, 0.717) is 18.1 Å². The maximum Gasteiger partial charge on any atom is 0.286 e. The minimum atomic E-state index is -0.175. The Morgan fingerprint density at radius 2 is 1.58 bits per heavy atom. The highest BCUT2D eigenvalue weighted by Crippen LogP contribution is 2.37. The van der Waals surface area contributed by atoms with Crippen molar-refractivity contribution in [3.63, 3.8) is 0 Å². The number of thioether (sulfide) groups is 1. The topological polar surface area (TPSA) is 57.5 Å². The number of hydrogen-bond donors (Lipinski definition) is 0. The van der Waals surface area contributed by atoms with Crippen LogP contribution < -0.4 is 5.01 Å². The molecular weight excluding hydrogens is 468 g/mol. The fourth-order valence-corrected chi connectivity index (χ4v) is 5.62. The van der Waals surface area contributed by atoms with Crippen molar-refractivity contribution in [2.45, 2.75) is 12.5 Å². The van der Waals surface area contributed by atoms with Gasteiger partial charge in [0.15, 0.2) is 5.17 Å². The van der Waals surface area contributed by atoms with Crippen LogP contribution in [0.3, 0.4) is 0 Å². The second kappa shape index (κ2) is 10.1. The number of morpholine rings is 1. The molecule has 36 heavy (non-hydrogen) atoms. The quantitative estimate of drug-likeness (QED) is 0.458. The molecule has 0 aliphatic carbocycles. The number of benzene rings is 3. The third-order valence-corrected chi connectivity index (χ3v) is 7.59. The molecule has 3 aliphatic heterocycles. The molecule has 0 spiro atoms. The van der Waals surface area contributed by atoms with E-state index in [-0.39, 0.29) is 11.9 Å². The first-order valence-electron chi connectivity index (χ1n) is 12.2. The Hall–Kier alpha value is -3.68. The number of carbonyl (C=O) groups excluding carboxylic acids is 1. The van der Waals surface area contributed by atoms with Gasteiger partial charge in [-0.2, -0.15) is 10.1 Å². The van der Waals surface area contributed by atoms with Crippen LogP contribution >= 0.6 is 11.8 Å². The maximum absolute atomic E-state index is 12.5. The first kappa shape index (κ1) is 22.8. The summed E-state index contributed by atoms with van der Waals surface area (Å²) >= 11 is 1.44. The Morgan fingerprint density at radius 1 is 0.889 bits per heavy atom. The SMILES string of the molecule is O=C1N=C(N2CCOCC2)S/C1=C/c1ccc(N2N=C(c3ccccc3)CC2c2ccccc2)cc1. The summed E-state index contributed by atoms with van der Waals surface area (Å²) in [7, 11) is 0. The van der Waals surface area contributed by atoms with Gasteiger partial charge in [0.1, 0.15) is 0 Å². The van der Waals surface area contributed by atoms with Crippen LogP contribution in [0.1, 0.15) is 29.2 Å². The van der Waals surface area contributed by atoms with E-state index in [1.54, 1.807) is 0 Å². The second-order valence-corrected chi connectivity index (χ2v) is 9.90. The molecule has 1 saturated heterocycles. The Kier molecular flexibility index (Phi) is 6.40. The van der Waals surface area contributed by atoms with Crippen LogP contribution in [0.4, 0.5) is 5.69 Å². The van der Waals surface area contributed by atoms with E-state index in [4.69, 9.17) is 9.84 Å². The van der Waals surface area contributed by atoms with Crippen LogP contribution in [0.2, 0.25) is 0 Å². The summed E-state index contributed by atoms with van der Waals surface area (Å²) < 4.78 is 5.41. The lowest BCUT2D eigenvalue weighted by atomic mass is 9.98. The zero-order valence-electron chi connectivity index (χ0n) is 19.8. The van der Waals surface area contributed by atoms with Crippen molar-refractivity contribution < 1.29 is 9.53 Å². The Morgan fingerprint density at radius 3 is 2.31 bits per heavy atom. The summed E-state index contributed by atoms with van der Waals surface area (Å²) in [6.07, 6.45) is 2.76. The summed E-state index contributed by atoms with van der Waals surface area (Å²) in [6, 6.07) is 29.2. The predicted molar refractivity (Wildman–Crippen MR) is 146 cm³/mol. The third-order valence-electron chi connectivity index (χ3n) is 6.55. The van der Waals surface area contributed by atoms with Crippen LogP contribution in [-0.2, 0) is 9.53 Å². The number of amidine groups is 1. The molecule has 0 aromatic heterocycles. The highest BCUT2D eigenvalue weighted by molar-refractivity contribution is 8.18. The standard InChI is InChI=1S/C29H26N4O2S/c34-28-27(36-29(30-28)32-15-17-35-18-16-32)19-21-11-13-24(14-12-21)33-26(23-9-5-2-6-10-23)20-25(31-33)22-7-3-1-4-8-22/h1-14,19,26H,15-18,20H2/b27-19+. The molecule has 1 amide bonds. The maximum atomic E-state index is 12.5. The number of anilines is 1. The van der Waals surface area contributed by atoms with Gasteiger partial charge < -0.3 is 9.64 Å². The van der Waals surface area contributed by atoms with E-state index >= 15 is 0 Å². The molecular formula is C29H26N4O2S. The van der Waals surface area contributed by atoms with Crippen molar-refractivity contribution in [3.8, 4) is 0 Å². The highest BCUT2D eigenvalue weighted by Gasteiger charge is 2.30. The van der Waals surface area contributed by atoms with Crippen molar-refractivity contribution in [1.82, 2.24) is 4.90 Å². The van der Waals surface area contributed by atoms with Crippen LogP contribution in [0.15, 0.2) is 99.9 Å². The molecule has 180 valence electrons.